The van der Waals surface area contributed by atoms with E-state index in [4.69, 9.17) is 0 Å². The number of allylic oxidation sites excluding steroid dienone is 4. The maximum atomic E-state index is 13.2. The number of rotatable bonds is 8. The summed E-state index contributed by atoms with van der Waals surface area (Å²) in [6.45, 7) is 10.4. The minimum Gasteiger partial charge on any atom is -0.311 e. The Balaban J connectivity index is 1.88. The number of carbonyl (C=O) groups is 4. The Labute approximate surface area is 221 Å². The Morgan fingerprint density at radius 3 is 1.71 bits per heavy atom. The summed E-state index contributed by atoms with van der Waals surface area (Å²) in [5.41, 5.74) is 1.38. The van der Waals surface area contributed by atoms with Crippen LogP contribution in [-0.2, 0) is 29.0 Å². The highest BCUT2D eigenvalue weighted by molar-refractivity contribution is 7.91. The monoisotopic (exact) mass is 530 g/mol. The molecule has 2 aromatic carbocycles. The van der Waals surface area contributed by atoms with Gasteiger partial charge in [-0.25, -0.2) is 13.3 Å². The molecule has 0 spiro atoms. The molecule has 0 saturated carbocycles. The number of imide groups is 1. The SMILES string of the molecule is C=C/C(C=O)=C(\C=C)C(=O)N(C)c1ccc(S(=O)(=O)c2ccc(N3C(=O)C(=C/C)/C(=C\C)C3=O)cc2)cc1. The van der Waals surface area contributed by atoms with Gasteiger partial charge in [0.25, 0.3) is 17.7 Å². The molecule has 1 fully saturated rings. The minimum absolute atomic E-state index is 0.0188. The molecule has 1 aliphatic rings. The van der Waals surface area contributed by atoms with Crippen molar-refractivity contribution in [3.63, 3.8) is 0 Å². The lowest BCUT2D eigenvalue weighted by Crippen LogP contribution is -2.29. The van der Waals surface area contributed by atoms with E-state index in [-0.39, 0.29) is 26.6 Å². The smallest absolute Gasteiger partial charge is 0.265 e. The van der Waals surface area contributed by atoms with Crippen LogP contribution in [0.1, 0.15) is 13.8 Å². The number of aldehydes is 1. The van der Waals surface area contributed by atoms with E-state index in [1.807, 2.05) is 0 Å². The molecule has 2 aromatic rings. The largest absolute Gasteiger partial charge is 0.311 e. The molecule has 0 aromatic heterocycles. The molecule has 194 valence electrons. The van der Waals surface area contributed by atoms with Crippen LogP contribution in [0.5, 0.6) is 0 Å². The third kappa shape index (κ3) is 4.83. The number of hydrogen-bond donors (Lipinski definition) is 0. The van der Waals surface area contributed by atoms with Gasteiger partial charge in [-0.15, -0.1) is 0 Å². The Morgan fingerprint density at radius 1 is 0.842 bits per heavy atom. The van der Waals surface area contributed by atoms with Gasteiger partial charge in [-0.1, -0.05) is 37.5 Å². The predicted octanol–water partition coefficient (Wildman–Crippen LogP) is 4.12. The molecule has 0 bridgehead atoms. The molecule has 0 radical (unpaired) electrons. The van der Waals surface area contributed by atoms with Crippen molar-refractivity contribution in [2.45, 2.75) is 23.6 Å². The summed E-state index contributed by atoms with van der Waals surface area (Å²) in [5.74, 6) is -1.46. The lowest BCUT2D eigenvalue weighted by molar-refractivity contribution is -0.120. The molecule has 3 rings (SSSR count). The van der Waals surface area contributed by atoms with Crippen LogP contribution in [0.4, 0.5) is 11.4 Å². The first-order valence-electron chi connectivity index (χ1n) is 11.5. The zero-order valence-electron chi connectivity index (χ0n) is 21.2. The second-order valence-corrected chi connectivity index (χ2v) is 10.1. The van der Waals surface area contributed by atoms with Gasteiger partial charge in [0.2, 0.25) is 9.84 Å². The first-order valence-corrected chi connectivity index (χ1v) is 12.9. The van der Waals surface area contributed by atoms with Crippen molar-refractivity contribution in [1.82, 2.24) is 0 Å². The first-order chi connectivity index (χ1) is 18.1. The van der Waals surface area contributed by atoms with Crippen LogP contribution in [0.15, 0.2) is 118 Å². The second kappa shape index (κ2) is 11.2. The zero-order valence-corrected chi connectivity index (χ0v) is 22.0. The molecular weight excluding hydrogens is 504 g/mol. The molecule has 8 nitrogen and oxygen atoms in total. The molecule has 0 N–H and O–H groups in total. The Morgan fingerprint density at radius 2 is 1.32 bits per heavy atom. The van der Waals surface area contributed by atoms with E-state index in [0.717, 1.165) is 4.90 Å². The number of carbonyl (C=O) groups excluding carboxylic acids is 4. The summed E-state index contributed by atoms with van der Waals surface area (Å²) in [7, 11) is -2.46. The lowest BCUT2D eigenvalue weighted by Gasteiger charge is -2.19. The third-order valence-corrected chi connectivity index (χ3v) is 7.86. The predicted molar refractivity (Wildman–Crippen MR) is 145 cm³/mol. The van der Waals surface area contributed by atoms with E-state index in [0.29, 0.717) is 23.1 Å². The normalized spacial score (nSPS) is 16.4. The summed E-state index contributed by atoms with van der Waals surface area (Å²) in [6, 6.07) is 11.1. The van der Waals surface area contributed by atoms with Gasteiger partial charge in [-0.3, -0.25) is 19.2 Å². The number of nitrogens with zero attached hydrogens (tertiary/aromatic N) is 2. The maximum Gasteiger partial charge on any atom is 0.265 e. The van der Waals surface area contributed by atoms with Crippen LogP contribution in [0, 0.1) is 0 Å². The van der Waals surface area contributed by atoms with Gasteiger partial charge in [-0.2, -0.15) is 0 Å². The van der Waals surface area contributed by atoms with E-state index in [9.17, 15) is 27.6 Å². The van der Waals surface area contributed by atoms with E-state index < -0.39 is 27.6 Å². The number of sulfone groups is 1. The third-order valence-electron chi connectivity index (χ3n) is 6.07. The fraction of sp³-hybridized carbons (Fsp3) is 0.103. The molecule has 38 heavy (non-hydrogen) atoms. The molecule has 9 heteroatoms. The Hall–Kier alpha value is -4.63. The first kappa shape index (κ1) is 27.9. The summed E-state index contributed by atoms with van der Waals surface area (Å²) >= 11 is 0. The molecule has 0 aliphatic carbocycles. The highest BCUT2D eigenvalue weighted by atomic mass is 32.2. The Kier molecular flexibility index (Phi) is 8.23. The van der Waals surface area contributed by atoms with Gasteiger partial charge in [0, 0.05) is 35.0 Å². The van der Waals surface area contributed by atoms with Crippen molar-refractivity contribution in [2.75, 3.05) is 16.8 Å². The quantitative estimate of drug-likeness (QED) is 0.220. The van der Waals surface area contributed by atoms with Crippen LogP contribution < -0.4 is 9.80 Å². The van der Waals surface area contributed by atoms with Gasteiger partial charge in [0.1, 0.15) is 0 Å². The van der Waals surface area contributed by atoms with Gasteiger partial charge in [0.15, 0.2) is 6.29 Å². The number of hydrogen-bond acceptors (Lipinski definition) is 6. The average molecular weight is 531 g/mol. The number of amides is 3. The average Bonchev–Trinajstić information content (AvgIpc) is 3.18. The van der Waals surface area contributed by atoms with Crippen molar-refractivity contribution in [3.05, 3.63) is 108 Å². The van der Waals surface area contributed by atoms with Gasteiger partial charge < -0.3 is 4.90 Å². The molecule has 1 aliphatic heterocycles. The number of likely N-dealkylation sites (N-methyl/N-ethyl adjacent to an activating group) is 1. The van der Waals surface area contributed by atoms with Crippen molar-refractivity contribution in [3.8, 4) is 0 Å². The highest BCUT2D eigenvalue weighted by Gasteiger charge is 2.38. The van der Waals surface area contributed by atoms with Crippen LogP contribution in [0.2, 0.25) is 0 Å². The van der Waals surface area contributed by atoms with Crippen LogP contribution in [0.25, 0.3) is 0 Å². The van der Waals surface area contributed by atoms with Gasteiger partial charge in [0.05, 0.1) is 15.5 Å². The fourth-order valence-corrected chi connectivity index (χ4v) is 5.22. The highest BCUT2D eigenvalue weighted by Crippen LogP contribution is 2.32. The van der Waals surface area contributed by atoms with Crippen LogP contribution >= 0.6 is 0 Å². The van der Waals surface area contributed by atoms with E-state index in [1.165, 1.54) is 72.6 Å². The summed E-state index contributed by atoms with van der Waals surface area (Å²) in [5, 5.41) is 0. The van der Waals surface area contributed by atoms with Gasteiger partial charge in [-0.05, 0) is 62.4 Å². The Bertz CT molecular complexity index is 1500. The maximum absolute atomic E-state index is 13.2. The minimum atomic E-state index is -3.94. The summed E-state index contributed by atoms with van der Waals surface area (Å²) < 4.78 is 26.4. The zero-order chi connectivity index (χ0) is 28.2. The van der Waals surface area contributed by atoms with Crippen LogP contribution in [0.3, 0.4) is 0 Å². The number of anilines is 2. The van der Waals surface area contributed by atoms with Crippen LogP contribution in [-0.4, -0.2) is 39.5 Å². The lowest BCUT2D eigenvalue weighted by atomic mass is 10.1. The summed E-state index contributed by atoms with van der Waals surface area (Å²) in [6.07, 6.45) is 6.15. The standard InChI is InChI=1S/C29H26N2O6S/c1-6-19(18-32)24(7-2)27(33)30(5)20-10-14-22(15-11-20)38(36,37)23-16-12-21(13-17-23)31-28(34)25(8-3)26(9-4)29(31)35/h6-18H,1-2H2,3-5H3/b24-19-,25-8+,26-9+. The van der Waals surface area contributed by atoms with Crippen molar-refractivity contribution in [1.29, 1.82) is 0 Å². The van der Waals surface area contributed by atoms with Gasteiger partial charge >= 0.3 is 0 Å². The number of benzene rings is 2. The molecule has 0 atom stereocenters. The molecule has 0 unspecified atom stereocenters. The van der Waals surface area contributed by atoms with E-state index in [1.54, 1.807) is 26.0 Å². The van der Waals surface area contributed by atoms with E-state index in [2.05, 4.69) is 13.2 Å². The molecule has 1 saturated heterocycles. The summed E-state index contributed by atoms with van der Waals surface area (Å²) in [4.78, 5) is 51.7. The van der Waals surface area contributed by atoms with Crippen molar-refractivity contribution in [2.24, 2.45) is 0 Å². The molecular formula is C29H26N2O6S. The second-order valence-electron chi connectivity index (χ2n) is 8.10. The molecule has 1 heterocycles. The van der Waals surface area contributed by atoms with Crippen molar-refractivity contribution >= 4 is 45.2 Å². The fourth-order valence-electron chi connectivity index (χ4n) is 3.96. The topological polar surface area (TPSA) is 109 Å². The van der Waals surface area contributed by atoms with Crippen molar-refractivity contribution < 1.29 is 27.6 Å². The van der Waals surface area contributed by atoms with E-state index >= 15 is 0 Å². The molecule has 3 amide bonds.